The Hall–Kier alpha value is -2.86. The predicted molar refractivity (Wildman–Crippen MR) is 119 cm³/mol. The number of hydrogen-bond acceptors (Lipinski definition) is 5. The Morgan fingerprint density at radius 1 is 1.12 bits per heavy atom. The van der Waals surface area contributed by atoms with Gasteiger partial charge in [0.25, 0.3) is 0 Å². The van der Waals surface area contributed by atoms with Crippen LogP contribution in [0.25, 0.3) is 0 Å². The van der Waals surface area contributed by atoms with Crippen LogP contribution < -0.4 is 9.47 Å². The molecule has 6 heteroatoms. The van der Waals surface area contributed by atoms with Crippen LogP contribution in [-0.2, 0) is 11.2 Å². The number of methoxy groups -OCH3 is 2. The number of amides is 1. The van der Waals surface area contributed by atoms with Crippen LogP contribution in [0.3, 0.4) is 0 Å². The van der Waals surface area contributed by atoms with E-state index in [1.807, 2.05) is 41.3 Å². The summed E-state index contributed by atoms with van der Waals surface area (Å²) in [5.74, 6) is 1.93. The molecular weight excluding hydrogens is 404 g/mol. The number of carbonyl (C=O) groups is 2. The minimum absolute atomic E-state index is 0.0262. The average molecular weight is 433 g/mol. The number of carbonyl (C=O) groups excluding carboxylic acids is 2. The van der Waals surface area contributed by atoms with Crippen molar-refractivity contribution in [3.05, 3.63) is 59.2 Å². The summed E-state index contributed by atoms with van der Waals surface area (Å²) in [4.78, 5) is 31.9. The summed E-state index contributed by atoms with van der Waals surface area (Å²) in [7, 11) is 3.32. The molecule has 0 aromatic heterocycles. The number of benzene rings is 2. The zero-order chi connectivity index (χ0) is 22.0. The van der Waals surface area contributed by atoms with E-state index in [2.05, 4.69) is 11.0 Å². The molecule has 32 heavy (non-hydrogen) atoms. The Morgan fingerprint density at radius 2 is 1.94 bits per heavy atom. The molecule has 0 N–H and O–H groups in total. The number of Topliss-reactive ketones (excluding diaryl/α,β-unsaturated/α-hetero) is 1. The maximum absolute atomic E-state index is 14.0. The van der Waals surface area contributed by atoms with Crippen molar-refractivity contribution in [3.63, 3.8) is 0 Å². The van der Waals surface area contributed by atoms with E-state index >= 15 is 0 Å². The van der Waals surface area contributed by atoms with Gasteiger partial charge in [-0.25, -0.2) is 0 Å². The number of rotatable bonds is 4. The van der Waals surface area contributed by atoms with Gasteiger partial charge in [-0.2, -0.15) is 0 Å². The van der Waals surface area contributed by atoms with Crippen molar-refractivity contribution in [1.82, 2.24) is 9.80 Å². The summed E-state index contributed by atoms with van der Waals surface area (Å²) in [6.07, 6.45) is 3.32. The van der Waals surface area contributed by atoms with Crippen molar-refractivity contribution in [2.75, 3.05) is 27.3 Å². The van der Waals surface area contributed by atoms with Gasteiger partial charge in [0.2, 0.25) is 5.91 Å². The van der Waals surface area contributed by atoms with Crippen LogP contribution in [0.2, 0.25) is 0 Å². The van der Waals surface area contributed by atoms with Crippen molar-refractivity contribution >= 4 is 11.7 Å². The van der Waals surface area contributed by atoms with E-state index in [0.29, 0.717) is 13.1 Å². The van der Waals surface area contributed by atoms with Crippen LogP contribution in [0.4, 0.5) is 0 Å². The van der Waals surface area contributed by atoms with E-state index in [9.17, 15) is 9.59 Å². The van der Waals surface area contributed by atoms with E-state index < -0.39 is 5.41 Å². The third kappa shape index (κ3) is 2.50. The molecule has 6 rings (SSSR count). The Balaban J connectivity index is 1.52. The second-order valence-electron chi connectivity index (χ2n) is 9.51. The molecule has 4 heterocycles. The highest BCUT2D eigenvalue weighted by molar-refractivity contribution is 6.03. The molecule has 2 bridgehead atoms. The van der Waals surface area contributed by atoms with E-state index in [4.69, 9.17) is 9.47 Å². The molecule has 4 unspecified atom stereocenters. The van der Waals surface area contributed by atoms with Gasteiger partial charge >= 0.3 is 0 Å². The lowest BCUT2D eigenvalue weighted by Gasteiger charge is -2.65. The smallest absolute Gasteiger partial charge is 0.240 e. The lowest BCUT2D eigenvalue weighted by atomic mass is 9.60. The van der Waals surface area contributed by atoms with Crippen molar-refractivity contribution in [2.45, 2.75) is 43.8 Å². The molecule has 4 aliphatic heterocycles. The molecule has 1 amide bonds. The number of piperazine rings is 1. The molecule has 2 aromatic carbocycles. The minimum Gasteiger partial charge on any atom is -0.497 e. The van der Waals surface area contributed by atoms with Crippen LogP contribution >= 0.6 is 0 Å². The zero-order valence-electron chi connectivity index (χ0n) is 18.5. The quantitative estimate of drug-likeness (QED) is 0.695. The third-order valence-corrected chi connectivity index (χ3v) is 8.15. The Kier molecular flexibility index (Phi) is 4.37. The van der Waals surface area contributed by atoms with E-state index in [1.54, 1.807) is 14.2 Å². The normalized spacial score (nSPS) is 30.5. The molecular formula is C26H28N2O4. The van der Waals surface area contributed by atoms with Gasteiger partial charge < -0.3 is 14.4 Å². The van der Waals surface area contributed by atoms with E-state index in [-0.39, 0.29) is 29.8 Å². The van der Waals surface area contributed by atoms with Crippen LogP contribution in [0, 0.1) is 5.41 Å². The van der Waals surface area contributed by atoms with Crippen LogP contribution in [0.15, 0.2) is 42.5 Å². The number of ether oxygens (including phenoxy) is 2. The first-order chi connectivity index (χ1) is 15.6. The van der Waals surface area contributed by atoms with Crippen molar-refractivity contribution in [3.8, 4) is 11.5 Å². The minimum atomic E-state index is -0.473. The summed E-state index contributed by atoms with van der Waals surface area (Å²) < 4.78 is 11.3. The lowest BCUT2D eigenvalue weighted by molar-refractivity contribution is -0.178. The molecule has 0 saturated carbocycles. The highest BCUT2D eigenvalue weighted by Crippen LogP contribution is 2.59. The molecule has 3 fully saturated rings. The number of ketones is 1. The van der Waals surface area contributed by atoms with Crippen molar-refractivity contribution in [1.29, 1.82) is 0 Å². The number of nitrogens with zero attached hydrogens (tertiary/aromatic N) is 2. The van der Waals surface area contributed by atoms with Crippen molar-refractivity contribution < 1.29 is 19.1 Å². The number of fused-ring (bicyclic) bond motifs is 6. The molecule has 4 atom stereocenters. The molecule has 0 spiro atoms. The van der Waals surface area contributed by atoms with Crippen LogP contribution in [-0.4, -0.2) is 60.9 Å². The molecule has 0 radical (unpaired) electrons. The van der Waals surface area contributed by atoms with Crippen LogP contribution in [0.5, 0.6) is 11.5 Å². The Morgan fingerprint density at radius 3 is 2.69 bits per heavy atom. The SMILES string of the molecule is COc1cc2c(c(OC)c1)C1C3N4CC3(C(=O)c3ccccc3)CCCC4C(=O)N1CC2. The second-order valence-corrected chi connectivity index (χ2v) is 9.51. The largest absolute Gasteiger partial charge is 0.497 e. The maximum Gasteiger partial charge on any atom is 0.240 e. The Bertz CT molecular complexity index is 1080. The first-order valence-corrected chi connectivity index (χ1v) is 11.5. The highest BCUT2D eigenvalue weighted by atomic mass is 16.5. The first kappa shape index (κ1) is 19.8. The lowest BCUT2D eigenvalue weighted by Crippen LogP contribution is -2.78. The van der Waals surface area contributed by atoms with Gasteiger partial charge in [-0.1, -0.05) is 36.8 Å². The van der Waals surface area contributed by atoms with Gasteiger partial charge in [0.05, 0.1) is 31.7 Å². The van der Waals surface area contributed by atoms with Crippen LogP contribution in [0.1, 0.15) is 46.8 Å². The predicted octanol–water partition coefficient (Wildman–Crippen LogP) is 3.25. The average Bonchev–Trinajstić information content (AvgIpc) is 3.11. The highest BCUT2D eigenvalue weighted by Gasteiger charge is 2.68. The van der Waals surface area contributed by atoms with Gasteiger partial charge in [0.1, 0.15) is 11.5 Å². The fourth-order valence-electron chi connectivity index (χ4n) is 6.76. The van der Waals surface area contributed by atoms with Gasteiger partial charge in [-0.05, 0) is 30.9 Å². The zero-order valence-corrected chi connectivity index (χ0v) is 18.5. The molecule has 6 nitrogen and oxygen atoms in total. The summed E-state index contributed by atoms with van der Waals surface area (Å²) in [5.41, 5.74) is 2.50. The topological polar surface area (TPSA) is 59.1 Å². The summed E-state index contributed by atoms with van der Waals surface area (Å²) in [6, 6.07) is 13.3. The summed E-state index contributed by atoms with van der Waals surface area (Å²) in [6.45, 7) is 1.34. The van der Waals surface area contributed by atoms with Gasteiger partial charge in [0.15, 0.2) is 5.78 Å². The van der Waals surface area contributed by atoms with Gasteiger partial charge in [-0.15, -0.1) is 0 Å². The standard InChI is InChI=1S/C26H28N2O4/c1-31-18-13-17-10-12-27-22(21(17)20(14-18)32-2)23-26(24(29)16-7-4-3-5-8-16)11-6-9-19(25(27)30)28(23)15-26/h3-5,7-8,13-14,19,22-23H,6,9-12,15H2,1-2H3. The fourth-order valence-corrected chi connectivity index (χ4v) is 6.76. The molecule has 0 aliphatic carbocycles. The second kappa shape index (κ2) is 7.07. The van der Waals surface area contributed by atoms with Crippen molar-refractivity contribution in [2.24, 2.45) is 5.41 Å². The molecule has 4 aliphatic rings. The van der Waals surface area contributed by atoms with Gasteiger partial charge in [-0.3, -0.25) is 14.5 Å². The van der Waals surface area contributed by atoms with E-state index in [1.165, 1.54) is 0 Å². The summed E-state index contributed by atoms with van der Waals surface area (Å²) >= 11 is 0. The third-order valence-electron chi connectivity index (χ3n) is 8.15. The molecule has 166 valence electrons. The Labute approximate surface area is 188 Å². The first-order valence-electron chi connectivity index (χ1n) is 11.5. The van der Waals surface area contributed by atoms with E-state index in [0.717, 1.165) is 53.9 Å². The van der Waals surface area contributed by atoms with Gasteiger partial charge in [0, 0.05) is 36.3 Å². The summed E-state index contributed by atoms with van der Waals surface area (Å²) in [5, 5.41) is 0. The number of hydrogen-bond donors (Lipinski definition) is 0. The molecule has 3 saturated heterocycles. The fraction of sp³-hybridized carbons (Fsp3) is 0.462. The monoisotopic (exact) mass is 432 g/mol. The maximum atomic E-state index is 14.0. The molecule has 2 aromatic rings.